The SMILES string of the molecule is C=C=C(F)C(C)C(C)C. The van der Waals surface area contributed by atoms with E-state index in [1.807, 2.05) is 20.8 Å². The standard InChI is InChI=1S/C8H13F/c1-5-8(9)7(4)6(2)3/h6-7H,1H2,2-4H3. The zero-order valence-corrected chi connectivity index (χ0v) is 6.24. The lowest BCUT2D eigenvalue weighted by Gasteiger charge is -2.10. The van der Waals surface area contributed by atoms with Crippen LogP contribution in [0.3, 0.4) is 0 Å². The Labute approximate surface area is 56.1 Å². The Morgan fingerprint density at radius 2 is 1.89 bits per heavy atom. The third kappa shape index (κ3) is 2.48. The average molecular weight is 128 g/mol. The van der Waals surface area contributed by atoms with Gasteiger partial charge in [0.25, 0.3) is 0 Å². The molecule has 1 atom stereocenters. The van der Waals surface area contributed by atoms with Crippen LogP contribution in [-0.2, 0) is 0 Å². The molecule has 52 valence electrons. The Kier molecular flexibility index (Phi) is 3.26. The summed E-state index contributed by atoms with van der Waals surface area (Å²) in [6.45, 7) is 9.01. The largest absolute Gasteiger partial charge is 0.202 e. The molecule has 0 aliphatic heterocycles. The second-order valence-corrected chi connectivity index (χ2v) is 2.56. The third-order valence-electron chi connectivity index (χ3n) is 1.57. The van der Waals surface area contributed by atoms with Crippen molar-refractivity contribution in [3.8, 4) is 0 Å². The minimum atomic E-state index is -0.231. The topological polar surface area (TPSA) is 0 Å². The van der Waals surface area contributed by atoms with Crippen molar-refractivity contribution in [2.75, 3.05) is 0 Å². The van der Waals surface area contributed by atoms with Crippen LogP contribution in [0.25, 0.3) is 0 Å². The fourth-order valence-electron chi connectivity index (χ4n) is 0.454. The first kappa shape index (κ1) is 8.45. The zero-order chi connectivity index (χ0) is 7.44. The lowest BCUT2D eigenvalue weighted by molar-refractivity contribution is 0.396. The van der Waals surface area contributed by atoms with Crippen molar-refractivity contribution in [3.63, 3.8) is 0 Å². The molecule has 0 aromatic carbocycles. The molecule has 0 amide bonds. The van der Waals surface area contributed by atoms with Crippen molar-refractivity contribution in [1.82, 2.24) is 0 Å². The predicted octanol–water partition coefficient (Wildman–Crippen LogP) is 2.92. The molecule has 0 rings (SSSR count). The molecule has 0 spiro atoms. The van der Waals surface area contributed by atoms with E-state index in [4.69, 9.17) is 0 Å². The molecular weight excluding hydrogens is 115 g/mol. The van der Waals surface area contributed by atoms with Crippen LogP contribution >= 0.6 is 0 Å². The Morgan fingerprint density at radius 1 is 1.44 bits per heavy atom. The lowest BCUT2D eigenvalue weighted by Crippen LogP contribution is -2.02. The number of hydrogen-bond donors (Lipinski definition) is 0. The molecule has 0 N–H and O–H groups in total. The van der Waals surface area contributed by atoms with Gasteiger partial charge in [-0.05, 0) is 5.92 Å². The van der Waals surface area contributed by atoms with Crippen LogP contribution in [0.4, 0.5) is 4.39 Å². The molecule has 0 nitrogen and oxygen atoms in total. The molecule has 0 saturated carbocycles. The van der Waals surface area contributed by atoms with Gasteiger partial charge in [-0.25, -0.2) is 4.39 Å². The molecule has 0 saturated heterocycles. The van der Waals surface area contributed by atoms with Crippen LogP contribution in [0, 0.1) is 11.8 Å². The smallest absolute Gasteiger partial charge is 0.144 e. The minimum absolute atomic E-state index is 0.0394. The zero-order valence-electron chi connectivity index (χ0n) is 6.24. The highest BCUT2D eigenvalue weighted by molar-refractivity contribution is 4.93. The van der Waals surface area contributed by atoms with Gasteiger partial charge in [-0.15, -0.1) is 0 Å². The maximum atomic E-state index is 12.5. The van der Waals surface area contributed by atoms with E-state index in [0.717, 1.165) is 0 Å². The van der Waals surface area contributed by atoms with Gasteiger partial charge in [0.2, 0.25) is 0 Å². The van der Waals surface area contributed by atoms with Crippen molar-refractivity contribution < 1.29 is 4.39 Å². The maximum absolute atomic E-state index is 12.5. The average Bonchev–Trinajstić information content (AvgIpc) is 1.84. The number of hydrogen-bond acceptors (Lipinski definition) is 0. The van der Waals surface area contributed by atoms with Gasteiger partial charge in [-0.3, -0.25) is 0 Å². The first-order valence-electron chi connectivity index (χ1n) is 3.15. The highest BCUT2D eigenvalue weighted by Crippen LogP contribution is 2.18. The van der Waals surface area contributed by atoms with E-state index in [0.29, 0.717) is 5.92 Å². The molecule has 0 radical (unpaired) electrons. The number of allylic oxidation sites excluding steroid dienone is 1. The molecule has 9 heavy (non-hydrogen) atoms. The van der Waals surface area contributed by atoms with Gasteiger partial charge in [-0.1, -0.05) is 33.1 Å². The normalized spacial score (nSPS) is 13.0. The van der Waals surface area contributed by atoms with Crippen molar-refractivity contribution in [1.29, 1.82) is 0 Å². The van der Waals surface area contributed by atoms with E-state index in [9.17, 15) is 4.39 Å². The van der Waals surface area contributed by atoms with Crippen molar-refractivity contribution in [2.24, 2.45) is 11.8 Å². The summed E-state index contributed by atoms with van der Waals surface area (Å²) in [6, 6.07) is 0. The molecular formula is C8H13F. The second kappa shape index (κ2) is 3.47. The fourth-order valence-corrected chi connectivity index (χ4v) is 0.454. The van der Waals surface area contributed by atoms with Gasteiger partial charge in [0.15, 0.2) is 0 Å². The number of halogens is 1. The predicted molar refractivity (Wildman–Crippen MR) is 37.8 cm³/mol. The van der Waals surface area contributed by atoms with E-state index < -0.39 is 0 Å². The van der Waals surface area contributed by atoms with Gasteiger partial charge in [0.05, 0.1) is 0 Å². The molecule has 1 unspecified atom stereocenters. The Morgan fingerprint density at radius 3 is 2.00 bits per heavy atom. The van der Waals surface area contributed by atoms with Crippen molar-refractivity contribution in [3.05, 3.63) is 18.1 Å². The third-order valence-corrected chi connectivity index (χ3v) is 1.57. The molecule has 1 heteroatoms. The van der Waals surface area contributed by atoms with Crippen LogP contribution < -0.4 is 0 Å². The molecule has 0 fully saturated rings. The van der Waals surface area contributed by atoms with Gasteiger partial charge >= 0.3 is 0 Å². The number of rotatable bonds is 2. The van der Waals surface area contributed by atoms with E-state index in [-0.39, 0.29) is 11.7 Å². The van der Waals surface area contributed by atoms with E-state index >= 15 is 0 Å². The Balaban J connectivity index is 4.04. The maximum Gasteiger partial charge on any atom is 0.144 e. The summed E-state index contributed by atoms with van der Waals surface area (Å²) in [7, 11) is 0. The van der Waals surface area contributed by atoms with Crippen molar-refractivity contribution >= 4 is 0 Å². The monoisotopic (exact) mass is 128 g/mol. The highest BCUT2D eigenvalue weighted by Gasteiger charge is 2.10. The first-order valence-corrected chi connectivity index (χ1v) is 3.15. The van der Waals surface area contributed by atoms with Crippen LogP contribution in [-0.4, -0.2) is 0 Å². The summed E-state index contributed by atoms with van der Waals surface area (Å²) in [5, 5.41) is 0. The lowest BCUT2D eigenvalue weighted by atomic mass is 9.97. The van der Waals surface area contributed by atoms with Gasteiger partial charge in [0, 0.05) is 5.92 Å². The summed E-state index contributed by atoms with van der Waals surface area (Å²) in [6.07, 6.45) is 0. The summed E-state index contributed by atoms with van der Waals surface area (Å²) in [5.41, 5.74) is 2.25. The summed E-state index contributed by atoms with van der Waals surface area (Å²) >= 11 is 0. The second-order valence-electron chi connectivity index (χ2n) is 2.56. The summed E-state index contributed by atoms with van der Waals surface area (Å²) < 4.78 is 12.5. The first-order chi connectivity index (χ1) is 4.09. The molecule has 0 heterocycles. The minimum Gasteiger partial charge on any atom is -0.202 e. The Hall–Kier alpha value is -0.550. The molecule has 0 aliphatic rings. The van der Waals surface area contributed by atoms with Gasteiger partial charge in [-0.2, -0.15) is 0 Å². The fraction of sp³-hybridized carbons (Fsp3) is 0.625. The molecule has 0 aliphatic carbocycles. The van der Waals surface area contributed by atoms with Crippen molar-refractivity contribution in [2.45, 2.75) is 20.8 Å². The van der Waals surface area contributed by atoms with Crippen LogP contribution in [0.2, 0.25) is 0 Å². The van der Waals surface area contributed by atoms with E-state index in [1.54, 1.807) is 0 Å². The van der Waals surface area contributed by atoms with Gasteiger partial charge < -0.3 is 0 Å². The molecule has 0 bridgehead atoms. The van der Waals surface area contributed by atoms with E-state index in [1.165, 1.54) is 0 Å². The summed E-state index contributed by atoms with van der Waals surface area (Å²) in [5.74, 6) is 0.0618. The highest BCUT2D eigenvalue weighted by atomic mass is 19.1. The quantitative estimate of drug-likeness (QED) is 0.501. The summed E-state index contributed by atoms with van der Waals surface area (Å²) in [4.78, 5) is 0. The van der Waals surface area contributed by atoms with Crippen LogP contribution in [0.5, 0.6) is 0 Å². The van der Waals surface area contributed by atoms with Gasteiger partial charge in [0.1, 0.15) is 5.83 Å². The van der Waals surface area contributed by atoms with Crippen LogP contribution in [0.1, 0.15) is 20.8 Å². The molecule has 0 aromatic heterocycles. The Bertz CT molecular complexity index is 130. The molecule has 0 aromatic rings. The van der Waals surface area contributed by atoms with Crippen LogP contribution in [0.15, 0.2) is 18.1 Å². The van der Waals surface area contributed by atoms with E-state index in [2.05, 4.69) is 12.3 Å².